The summed E-state index contributed by atoms with van der Waals surface area (Å²) in [4.78, 5) is 19.6. The van der Waals surface area contributed by atoms with Crippen molar-refractivity contribution in [2.75, 3.05) is 0 Å². The SMILES string of the molecule is CCCCCCCCCCCCc1ccc(OP(O)O)c(CCCCCCCCCCCC)c1CCCCCCCCCCCC. The molecule has 1 rings (SSSR count). The van der Waals surface area contributed by atoms with Crippen molar-refractivity contribution >= 4 is 8.60 Å². The van der Waals surface area contributed by atoms with Crippen LogP contribution in [0, 0.1) is 0 Å². The van der Waals surface area contributed by atoms with Crippen LogP contribution in [0.25, 0.3) is 0 Å². The molecule has 0 saturated carbocycles. The van der Waals surface area contributed by atoms with E-state index in [9.17, 15) is 9.79 Å². The lowest BCUT2D eigenvalue weighted by Gasteiger charge is -2.20. The third kappa shape index (κ3) is 24.5. The van der Waals surface area contributed by atoms with Gasteiger partial charge in [-0.2, -0.15) is 0 Å². The molecule has 0 aliphatic rings. The Kier molecular flexibility index (Phi) is 31.0. The lowest BCUT2D eigenvalue weighted by Crippen LogP contribution is -2.05. The van der Waals surface area contributed by atoms with Crippen LogP contribution in [-0.2, 0) is 19.3 Å². The van der Waals surface area contributed by atoms with Crippen LogP contribution >= 0.6 is 8.60 Å². The molecule has 0 aliphatic carbocycles. The van der Waals surface area contributed by atoms with Gasteiger partial charge >= 0.3 is 8.60 Å². The molecule has 2 N–H and O–H groups in total. The molecule has 4 heteroatoms. The molecule has 1 aromatic carbocycles. The van der Waals surface area contributed by atoms with Gasteiger partial charge in [0.2, 0.25) is 0 Å². The summed E-state index contributed by atoms with van der Waals surface area (Å²) in [5.74, 6) is 0.723. The quantitative estimate of drug-likeness (QED) is 0.0562. The van der Waals surface area contributed by atoms with Crippen molar-refractivity contribution < 1.29 is 14.3 Å². The van der Waals surface area contributed by atoms with Crippen molar-refractivity contribution in [2.45, 2.75) is 233 Å². The molecule has 0 saturated heterocycles. The van der Waals surface area contributed by atoms with E-state index in [1.54, 1.807) is 0 Å². The van der Waals surface area contributed by atoms with Gasteiger partial charge in [-0.3, -0.25) is 0 Å². The number of rotatable bonds is 35. The maximum atomic E-state index is 9.80. The Bertz CT molecular complexity index is 780. The van der Waals surface area contributed by atoms with Crippen molar-refractivity contribution in [1.82, 2.24) is 0 Å². The summed E-state index contributed by atoms with van der Waals surface area (Å²) in [7, 11) is -2.40. The van der Waals surface area contributed by atoms with E-state index in [-0.39, 0.29) is 0 Å². The molecule has 0 heterocycles. The molecule has 46 heavy (non-hydrogen) atoms. The number of benzene rings is 1. The molecule has 0 aliphatic heterocycles. The second-order valence-corrected chi connectivity index (χ2v) is 15.0. The Morgan fingerprint density at radius 2 is 0.696 bits per heavy atom. The number of hydrogen-bond acceptors (Lipinski definition) is 3. The van der Waals surface area contributed by atoms with Crippen LogP contribution in [-0.4, -0.2) is 9.79 Å². The predicted molar refractivity (Wildman–Crippen MR) is 205 cm³/mol. The van der Waals surface area contributed by atoms with Crippen LogP contribution in [0.2, 0.25) is 0 Å². The molecule has 0 atom stereocenters. The van der Waals surface area contributed by atoms with E-state index in [4.69, 9.17) is 4.52 Å². The third-order valence-corrected chi connectivity index (χ3v) is 10.4. The Hall–Kier alpha value is -0.630. The lowest BCUT2D eigenvalue weighted by molar-refractivity contribution is 0.372. The minimum atomic E-state index is -2.40. The fourth-order valence-corrected chi connectivity index (χ4v) is 7.44. The van der Waals surface area contributed by atoms with Crippen LogP contribution in [0.5, 0.6) is 5.75 Å². The molecule has 3 nitrogen and oxygen atoms in total. The molecular weight excluding hydrogens is 583 g/mol. The molecule has 0 amide bonds. The highest BCUT2D eigenvalue weighted by molar-refractivity contribution is 7.39. The Morgan fingerprint density at radius 1 is 0.391 bits per heavy atom. The first-order chi connectivity index (χ1) is 22.6. The summed E-state index contributed by atoms with van der Waals surface area (Å²) in [6, 6.07) is 4.29. The maximum Gasteiger partial charge on any atom is 0.391 e. The van der Waals surface area contributed by atoms with Gasteiger partial charge in [-0.1, -0.05) is 200 Å². The number of hydrogen-bond donors (Lipinski definition) is 2. The zero-order chi connectivity index (χ0) is 33.3. The molecule has 1 aromatic rings. The zero-order valence-corrected chi connectivity index (χ0v) is 32.1. The fourth-order valence-electron chi connectivity index (χ4n) is 7.09. The summed E-state index contributed by atoms with van der Waals surface area (Å²) in [6.07, 6.45) is 43.8. The normalized spacial score (nSPS) is 11.6. The highest BCUT2D eigenvalue weighted by Gasteiger charge is 2.17. The minimum absolute atomic E-state index is 0.723. The summed E-state index contributed by atoms with van der Waals surface area (Å²) >= 11 is 0. The Labute approximate surface area is 289 Å². The molecule has 0 aromatic heterocycles. The van der Waals surface area contributed by atoms with E-state index in [0.717, 1.165) is 31.4 Å². The van der Waals surface area contributed by atoms with Gasteiger partial charge in [0.15, 0.2) is 0 Å². The van der Waals surface area contributed by atoms with Crippen molar-refractivity contribution in [1.29, 1.82) is 0 Å². The Balaban J connectivity index is 2.70. The van der Waals surface area contributed by atoms with Gasteiger partial charge in [0.25, 0.3) is 0 Å². The summed E-state index contributed by atoms with van der Waals surface area (Å²) in [5.41, 5.74) is 4.24. The van der Waals surface area contributed by atoms with Crippen LogP contribution in [0.15, 0.2) is 12.1 Å². The van der Waals surface area contributed by atoms with Crippen molar-refractivity contribution in [2.24, 2.45) is 0 Å². The second-order valence-electron chi connectivity index (χ2n) is 14.3. The molecule has 0 unspecified atom stereocenters. The smallest absolute Gasteiger partial charge is 0.391 e. The third-order valence-electron chi connectivity index (χ3n) is 10.0. The maximum absolute atomic E-state index is 9.80. The van der Waals surface area contributed by atoms with Gasteiger partial charge in [0.1, 0.15) is 5.75 Å². The largest absolute Gasteiger partial charge is 0.427 e. The van der Waals surface area contributed by atoms with Crippen LogP contribution in [0.4, 0.5) is 0 Å². The van der Waals surface area contributed by atoms with Crippen molar-refractivity contribution in [3.05, 3.63) is 28.8 Å². The minimum Gasteiger partial charge on any atom is -0.427 e. The summed E-state index contributed by atoms with van der Waals surface area (Å²) in [6.45, 7) is 6.87. The monoisotopic (exact) mass is 663 g/mol. The molecule has 0 bridgehead atoms. The summed E-state index contributed by atoms with van der Waals surface area (Å²) in [5, 5.41) is 0. The first kappa shape index (κ1) is 43.4. The topological polar surface area (TPSA) is 49.7 Å². The van der Waals surface area contributed by atoms with Gasteiger partial charge in [0.05, 0.1) is 0 Å². The van der Waals surface area contributed by atoms with E-state index >= 15 is 0 Å². The first-order valence-electron chi connectivity index (χ1n) is 20.6. The Morgan fingerprint density at radius 3 is 1.04 bits per heavy atom. The first-order valence-corrected chi connectivity index (χ1v) is 21.8. The zero-order valence-electron chi connectivity index (χ0n) is 31.2. The van der Waals surface area contributed by atoms with E-state index in [1.165, 1.54) is 203 Å². The van der Waals surface area contributed by atoms with Gasteiger partial charge in [-0.05, 0) is 61.3 Å². The van der Waals surface area contributed by atoms with Gasteiger partial charge < -0.3 is 14.3 Å². The van der Waals surface area contributed by atoms with E-state index in [1.807, 2.05) is 6.07 Å². The number of unbranched alkanes of at least 4 members (excludes halogenated alkanes) is 27. The average Bonchev–Trinajstić information content (AvgIpc) is 3.04. The molecular formula is C42H79O3P. The van der Waals surface area contributed by atoms with E-state index < -0.39 is 8.60 Å². The van der Waals surface area contributed by atoms with Gasteiger partial charge in [-0.15, -0.1) is 0 Å². The highest BCUT2D eigenvalue weighted by atomic mass is 31.2. The molecule has 0 radical (unpaired) electrons. The van der Waals surface area contributed by atoms with Crippen LogP contribution in [0.1, 0.15) is 230 Å². The van der Waals surface area contributed by atoms with Gasteiger partial charge in [0, 0.05) is 0 Å². The van der Waals surface area contributed by atoms with Crippen molar-refractivity contribution in [3.8, 4) is 5.75 Å². The van der Waals surface area contributed by atoms with Crippen LogP contribution < -0.4 is 4.52 Å². The average molecular weight is 663 g/mol. The standard InChI is InChI=1S/C42H79O3P/c1-4-7-10-13-16-19-22-25-28-31-34-39-37-38-42(45-46(43)44)41(36-33-30-27-24-21-18-15-12-9-6-3)40(39)35-32-29-26-23-20-17-14-11-8-5-2/h37-38,43-44H,4-36H2,1-3H3. The second kappa shape index (κ2) is 32.9. The van der Waals surface area contributed by atoms with Crippen LogP contribution in [0.3, 0.4) is 0 Å². The number of aryl methyl sites for hydroxylation is 1. The molecule has 270 valence electrons. The molecule has 0 spiro atoms. The highest BCUT2D eigenvalue weighted by Crippen LogP contribution is 2.37. The van der Waals surface area contributed by atoms with Gasteiger partial charge in [-0.25, -0.2) is 0 Å². The van der Waals surface area contributed by atoms with E-state index in [2.05, 4.69) is 26.8 Å². The fraction of sp³-hybridized carbons (Fsp3) is 0.857. The lowest BCUT2D eigenvalue weighted by atomic mass is 9.89. The van der Waals surface area contributed by atoms with Crippen molar-refractivity contribution in [3.63, 3.8) is 0 Å². The predicted octanol–water partition coefficient (Wildman–Crippen LogP) is 14.7. The summed E-state index contributed by atoms with van der Waals surface area (Å²) < 4.78 is 5.66. The molecule has 0 fully saturated rings. The van der Waals surface area contributed by atoms with E-state index in [0.29, 0.717) is 0 Å².